The molecule has 0 N–H and O–H groups in total. The van der Waals surface area contributed by atoms with Crippen molar-refractivity contribution in [3.05, 3.63) is 30.1 Å². The second-order valence-electron chi connectivity index (χ2n) is 8.25. The molecule has 0 saturated carbocycles. The van der Waals surface area contributed by atoms with E-state index in [0.29, 0.717) is 0 Å². The number of pyridine rings is 1. The van der Waals surface area contributed by atoms with Crippen LogP contribution in [0, 0.1) is 5.92 Å². The molecule has 1 heterocycles. The molecular weight excluding hydrogens is 314 g/mol. The highest BCUT2D eigenvalue weighted by atomic mass is 14.6. The smallest absolute Gasteiger partial charge is 0.0270 e. The first-order valence-corrected chi connectivity index (χ1v) is 11.8. The standard InChI is InChI=1S/C25H45N/c1-3-5-7-9-11-13-15-17-24(23-25-19-21-26-22-20-25)18-16-14-12-10-8-6-4-2/h19-22,24H,3-18,23H2,1-2H3. The summed E-state index contributed by atoms with van der Waals surface area (Å²) in [5.74, 6) is 0.878. The molecule has 0 radical (unpaired) electrons. The average molecular weight is 360 g/mol. The Balaban J connectivity index is 2.21. The molecule has 26 heavy (non-hydrogen) atoms. The molecule has 1 rings (SSSR count). The van der Waals surface area contributed by atoms with Crippen LogP contribution in [0.25, 0.3) is 0 Å². The highest BCUT2D eigenvalue weighted by Gasteiger charge is 2.10. The maximum absolute atomic E-state index is 4.17. The molecule has 0 spiro atoms. The summed E-state index contributed by atoms with van der Waals surface area (Å²) in [4.78, 5) is 4.17. The Labute approximate surface area is 164 Å². The number of aromatic nitrogens is 1. The Morgan fingerprint density at radius 1 is 0.615 bits per heavy atom. The van der Waals surface area contributed by atoms with Crippen LogP contribution >= 0.6 is 0 Å². The number of unbranched alkanes of at least 4 members (excludes halogenated alkanes) is 12. The van der Waals surface area contributed by atoms with Crippen LogP contribution in [-0.4, -0.2) is 4.98 Å². The van der Waals surface area contributed by atoms with E-state index >= 15 is 0 Å². The van der Waals surface area contributed by atoms with Gasteiger partial charge in [0.2, 0.25) is 0 Å². The van der Waals surface area contributed by atoms with Crippen molar-refractivity contribution >= 4 is 0 Å². The lowest BCUT2D eigenvalue weighted by atomic mass is 9.89. The third-order valence-corrected chi connectivity index (χ3v) is 5.71. The van der Waals surface area contributed by atoms with Gasteiger partial charge in [-0.05, 0) is 30.0 Å². The van der Waals surface area contributed by atoms with Crippen molar-refractivity contribution in [2.24, 2.45) is 5.92 Å². The molecule has 0 saturated heterocycles. The van der Waals surface area contributed by atoms with Crippen molar-refractivity contribution in [3.8, 4) is 0 Å². The summed E-state index contributed by atoms with van der Waals surface area (Å²) in [6.45, 7) is 4.60. The number of hydrogen-bond acceptors (Lipinski definition) is 1. The molecule has 1 aromatic rings. The third kappa shape index (κ3) is 13.4. The van der Waals surface area contributed by atoms with Gasteiger partial charge in [0, 0.05) is 12.4 Å². The second-order valence-corrected chi connectivity index (χ2v) is 8.25. The van der Waals surface area contributed by atoms with Gasteiger partial charge in [-0.25, -0.2) is 0 Å². The highest BCUT2D eigenvalue weighted by Crippen LogP contribution is 2.23. The summed E-state index contributed by atoms with van der Waals surface area (Å²) in [5.41, 5.74) is 1.48. The molecule has 0 aliphatic heterocycles. The Hall–Kier alpha value is -0.850. The summed E-state index contributed by atoms with van der Waals surface area (Å²) in [5, 5.41) is 0. The van der Waals surface area contributed by atoms with Crippen LogP contribution in [-0.2, 0) is 6.42 Å². The Bertz CT molecular complexity index is 368. The fraction of sp³-hybridized carbons (Fsp3) is 0.800. The van der Waals surface area contributed by atoms with Crippen LogP contribution in [0.4, 0.5) is 0 Å². The van der Waals surface area contributed by atoms with E-state index in [9.17, 15) is 0 Å². The molecule has 150 valence electrons. The van der Waals surface area contributed by atoms with Gasteiger partial charge in [-0.3, -0.25) is 4.98 Å². The first-order chi connectivity index (χ1) is 12.9. The van der Waals surface area contributed by atoms with Crippen molar-refractivity contribution in [1.29, 1.82) is 0 Å². The monoisotopic (exact) mass is 359 g/mol. The lowest BCUT2D eigenvalue weighted by Crippen LogP contribution is -2.05. The Morgan fingerprint density at radius 2 is 1.04 bits per heavy atom. The molecule has 1 heteroatoms. The fourth-order valence-corrected chi connectivity index (χ4v) is 3.98. The summed E-state index contributed by atoms with van der Waals surface area (Å²) in [7, 11) is 0. The van der Waals surface area contributed by atoms with E-state index in [4.69, 9.17) is 0 Å². The maximum Gasteiger partial charge on any atom is 0.0270 e. The van der Waals surface area contributed by atoms with E-state index in [-0.39, 0.29) is 0 Å². The van der Waals surface area contributed by atoms with Gasteiger partial charge >= 0.3 is 0 Å². The quantitative estimate of drug-likeness (QED) is 0.239. The van der Waals surface area contributed by atoms with E-state index in [1.165, 1.54) is 115 Å². The molecule has 0 bridgehead atoms. The fourth-order valence-electron chi connectivity index (χ4n) is 3.98. The Kier molecular flexibility index (Phi) is 15.7. The van der Waals surface area contributed by atoms with Gasteiger partial charge < -0.3 is 0 Å². The molecule has 1 nitrogen and oxygen atoms in total. The number of nitrogens with zero attached hydrogens (tertiary/aromatic N) is 1. The largest absolute Gasteiger partial charge is 0.265 e. The van der Waals surface area contributed by atoms with Crippen LogP contribution in [0.3, 0.4) is 0 Å². The van der Waals surface area contributed by atoms with E-state index in [2.05, 4.69) is 31.0 Å². The minimum atomic E-state index is 0.878. The van der Waals surface area contributed by atoms with Crippen molar-refractivity contribution in [2.75, 3.05) is 0 Å². The van der Waals surface area contributed by atoms with E-state index in [0.717, 1.165) is 5.92 Å². The van der Waals surface area contributed by atoms with E-state index in [1.807, 2.05) is 12.4 Å². The molecule has 0 aliphatic carbocycles. The second kappa shape index (κ2) is 17.6. The lowest BCUT2D eigenvalue weighted by Gasteiger charge is -2.17. The predicted molar refractivity (Wildman–Crippen MR) is 117 cm³/mol. The van der Waals surface area contributed by atoms with Crippen molar-refractivity contribution < 1.29 is 0 Å². The van der Waals surface area contributed by atoms with Gasteiger partial charge in [0.15, 0.2) is 0 Å². The normalized spacial score (nSPS) is 11.3. The first kappa shape index (κ1) is 23.2. The zero-order valence-corrected chi connectivity index (χ0v) is 17.9. The highest BCUT2D eigenvalue weighted by molar-refractivity contribution is 5.10. The molecule has 0 amide bonds. The minimum absolute atomic E-state index is 0.878. The molecular formula is C25H45N. The predicted octanol–water partition coefficient (Wildman–Crippen LogP) is 8.52. The minimum Gasteiger partial charge on any atom is -0.265 e. The van der Waals surface area contributed by atoms with E-state index < -0.39 is 0 Å². The van der Waals surface area contributed by atoms with Crippen molar-refractivity contribution in [1.82, 2.24) is 4.98 Å². The first-order valence-electron chi connectivity index (χ1n) is 11.8. The van der Waals surface area contributed by atoms with Crippen LogP contribution in [0.5, 0.6) is 0 Å². The van der Waals surface area contributed by atoms with E-state index in [1.54, 1.807) is 0 Å². The molecule has 0 aromatic carbocycles. The Morgan fingerprint density at radius 3 is 1.50 bits per heavy atom. The van der Waals surface area contributed by atoms with Crippen molar-refractivity contribution in [2.45, 2.75) is 123 Å². The third-order valence-electron chi connectivity index (χ3n) is 5.71. The molecule has 0 atom stereocenters. The molecule has 1 aromatic heterocycles. The summed E-state index contributed by atoms with van der Waals surface area (Å²) < 4.78 is 0. The average Bonchev–Trinajstić information content (AvgIpc) is 2.67. The SMILES string of the molecule is CCCCCCCCCC(CCCCCCCCC)Cc1ccncc1. The van der Waals surface area contributed by atoms with Gasteiger partial charge in [0.25, 0.3) is 0 Å². The number of rotatable bonds is 18. The molecule has 0 unspecified atom stereocenters. The van der Waals surface area contributed by atoms with Crippen LogP contribution < -0.4 is 0 Å². The van der Waals surface area contributed by atoms with Crippen LogP contribution in [0.15, 0.2) is 24.5 Å². The van der Waals surface area contributed by atoms with Gasteiger partial charge in [0.1, 0.15) is 0 Å². The summed E-state index contributed by atoms with van der Waals surface area (Å²) in [6, 6.07) is 4.42. The van der Waals surface area contributed by atoms with Crippen LogP contribution in [0.1, 0.15) is 122 Å². The molecule has 0 fully saturated rings. The number of hydrogen-bond donors (Lipinski definition) is 0. The van der Waals surface area contributed by atoms with Gasteiger partial charge in [-0.15, -0.1) is 0 Å². The van der Waals surface area contributed by atoms with Gasteiger partial charge in [-0.2, -0.15) is 0 Å². The summed E-state index contributed by atoms with van der Waals surface area (Å²) >= 11 is 0. The lowest BCUT2D eigenvalue weighted by molar-refractivity contribution is 0.400. The van der Waals surface area contributed by atoms with Crippen molar-refractivity contribution in [3.63, 3.8) is 0 Å². The van der Waals surface area contributed by atoms with Gasteiger partial charge in [0.05, 0.1) is 0 Å². The summed E-state index contributed by atoms with van der Waals surface area (Å²) in [6.07, 6.45) is 27.9. The zero-order valence-electron chi connectivity index (χ0n) is 17.9. The topological polar surface area (TPSA) is 12.9 Å². The molecule has 0 aliphatic rings. The van der Waals surface area contributed by atoms with Gasteiger partial charge in [-0.1, -0.05) is 117 Å². The maximum atomic E-state index is 4.17. The zero-order chi connectivity index (χ0) is 18.7. The van der Waals surface area contributed by atoms with Crippen LogP contribution in [0.2, 0.25) is 0 Å².